The lowest BCUT2D eigenvalue weighted by Gasteiger charge is -2.13. The SMILES string of the molecule is O=c1c2ccccc2nc(/C=C/c2ccc(Cl)cc2)n1-c1cccc(OCc2cn(-c3cccc(F)c3)nn2)c1. The molecule has 0 aliphatic rings. The Morgan fingerprint density at radius 3 is 2.52 bits per heavy atom. The van der Waals surface area contributed by atoms with Crippen LogP contribution in [0.5, 0.6) is 5.75 Å². The maximum Gasteiger partial charge on any atom is 0.266 e. The van der Waals surface area contributed by atoms with Crippen molar-refractivity contribution in [2.45, 2.75) is 6.61 Å². The average molecular weight is 550 g/mol. The van der Waals surface area contributed by atoms with Crippen LogP contribution in [-0.4, -0.2) is 24.5 Å². The Balaban J connectivity index is 1.31. The summed E-state index contributed by atoms with van der Waals surface area (Å²) in [6.45, 7) is 0.132. The Kier molecular flexibility index (Phi) is 6.91. The molecule has 0 radical (unpaired) electrons. The molecule has 0 amide bonds. The minimum Gasteiger partial charge on any atom is -0.487 e. The second-order valence-corrected chi connectivity index (χ2v) is 9.37. The van der Waals surface area contributed by atoms with Gasteiger partial charge in [-0.2, -0.15) is 0 Å². The van der Waals surface area contributed by atoms with Crippen LogP contribution in [0, 0.1) is 5.82 Å². The van der Waals surface area contributed by atoms with E-state index in [0.717, 1.165) is 5.56 Å². The highest BCUT2D eigenvalue weighted by Crippen LogP contribution is 2.21. The molecule has 0 bridgehead atoms. The fourth-order valence-electron chi connectivity index (χ4n) is 4.23. The Labute approximate surface area is 233 Å². The van der Waals surface area contributed by atoms with Crippen molar-refractivity contribution in [2.75, 3.05) is 0 Å². The van der Waals surface area contributed by atoms with Gasteiger partial charge < -0.3 is 4.74 Å². The minimum atomic E-state index is -0.358. The van der Waals surface area contributed by atoms with Crippen molar-refractivity contribution in [3.05, 3.63) is 142 Å². The van der Waals surface area contributed by atoms with Crippen LogP contribution in [0.1, 0.15) is 17.1 Å². The molecule has 0 saturated heterocycles. The predicted molar refractivity (Wildman–Crippen MR) is 153 cm³/mol. The van der Waals surface area contributed by atoms with E-state index in [1.165, 1.54) is 16.8 Å². The zero-order valence-electron chi connectivity index (χ0n) is 21.0. The van der Waals surface area contributed by atoms with Crippen LogP contribution in [0.3, 0.4) is 0 Å². The van der Waals surface area contributed by atoms with Gasteiger partial charge in [-0.3, -0.25) is 9.36 Å². The average Bonchev–Trinajstić information content (AvgIpc) is 3.45. The zero-order valence-corrected chi connectivity index (χ0v) is 21.7. The van der Waals surface area contributed by atoms with Gasteiger partial charge in [0.2, 0.25) is 0 Å². The summed E-state index contributed by atoms with van der Waals surface area (Å²) < 4.78 is 22.6. The van der Waals surface area contributed by atoms with Crippen LogP contribution in [0.25, 0.3) is 34.4 Å². The molecule has 0 N–H and O–H groups in total. The van der Waals surface area contributed by atoms with E-state index in [1.807, 2.05) is 48.5 Å². The summed E-state index contributed by atoms with van der Waals surface area (Å²) in [5.74, 6) is 0.641. The standard InChI is InChI=1S/C31H21ClFN5O2/c32-22-14-11-21(12-15-22)13-16-30-34-29-10-2-1-9-28(29)31(39)38(30)26-7-4-8-27(18-26)40-20-24-19-37(36-35-24)25-6-3-5-23(33)17-25/h1-19H,20H2/b16-13+. The third kappa shape index (κ3) is 5.39. The van der Waals surface area contributed by atoms with Crippen molar-refractivity contribution >= 4 is 34.7 Å². The fourth-order valence-corrected chi connectivity index (χ4v) is 4.36. The Morgan fingerprint density at radius 1 is 0.875 bits per heavy atom. The summed E-state index contributed by atoms with van der Waals surface area (Å²) in [4.78, 5) is 18.4. The van der Waals surface area contributed by atoms with Crippen molar-refractivity contribution in [1.29, 1.82) is 0 Å². The van der Waals surface area contributed by atoms with Crippen molar-refractivity contribution < 1.29 is 9.13 Å². The van der Waals surface area contributed by atoms with Crippen LogP contribution in [0.15, 0.2) is 108 Å². The van der Waals surface area contributed by atoms with Gasteiger partial charge >= 0.3 is 0 Å². The maximum absolute atomic E-state index is 13.6. The number of aromatic nitrogens is 5. The molecular weight excluding hydrogens is 529 g/mol. The molecule has 0 aliphatic heterocycles. The topological polar surface area (TPSA) is 74.8 Å². The summed E-state index contributed by atoms with van der Waals surface area (Å²) in [6, 6.07) is 27.9. The molecule has 7 nitrogen and oxygen atoms in total. The number of ether oxygens (including phenoxy) is 1. The Hall–Kier alpha value is -5.08. The lowest BCUT2D eigenvalue weighted by Crippen LogP contribution is -2.22. The fraction of sp³-hybridized carbons (Fsp3) is 0.0323. The van der Waals surface area contributed by atoms with Crippen LogP contribution in [-0.2, 0) is 6.61 Å². The second kappa shape index (κ2) is 11.0. The molecule has 0 saturated carbocycles. The molecule has 0 spiro atoms. The molecule has 40 heavy (non-hydrogen) atoms. The van der Waals surface area contributed by atoms with E-state index in [4.69, 9.17) is 21.3 Å². The van der Waals surface area contributed by atoms with E-state index in [0.29, 0.717) is 44.6 Å². The van der Waals surface area contributed by atoms with E-state index >= 15 is 0 Å². The van der Waals surface area contributed by atoms with Crippen LogP contribution >= 0.6 is 11.6 Å². The van der Waals surface area contributed by atoms with Crippen LogP contribution in [0.4, 0.5) is 4.39 Å². The van der Waals surface area contributed by atoms with Gasteiger partial charge in [0.05, 0.1) is 28.5 Å². The van der Waals surface area contributed by atoms with Crippen molar-refractivity contribution in [3.8, 4) is 17.1 Å². The molecule has 6 aromatic rings. The van der Waals surface area contributed by atoms with E-state index in [-0.39, 0.29) is 18.0 Å². The highest BCUT2D eigenvalue weighted by Gasteiger charge is 2.12. The molecule has 196 valence electrons. The first-order valence-corrected chi connectivity index (χ1v) is 12.8. The van der Waals surface area contributed by atoms with Gasteiger partial charge in [0.1, 0.15) is 29.7 Å². The molecule has 9 heteroatoms. The lowest BCUT2D eigenvalue weighted by molar-refractivity contribution is 0.301. The number of fused-ring (bicyclic) bond motifs is 1. The Morgan fingerprint density at radius 2 is 1.68 bits per heavy atom. The summed E-state index contributed by atoms with van der Waals surface area (Å²) in [5, 5.41) is 9.33. The zero-order chi connectivity index (χ0) is 27.5. The minimum absolute atomic E-state index is 0.132. The number of halogens is 2. The van der Waals surface area contributed by atoms with Gasteiger partial charge in [-0.15, -0.1) is 5.10 Å². The first-order valence-electron chi connectivity index (χ1n) is 12.4. The third-order valence-electron chi connectivity index (χ3n) is 6.17. The first-order chi connectivity index (χ1) is 19.5. The molecule has 4 aromatic carbocycles. The van der Waals surface area contributed by atoms with Gasteiger partial charge in [-0.05, 0) is 66.2 Å². The van der Waals surface area contributed by atoms with Crippen LogP contribution in [0.2, 0.25) is 5.02 Å². The molecule has 2 aromatic heterocycles. The van der Waals surface area contributed by atoms with Gasteiger partial charge in [0, 0.05) is 11.1 Å². The summed E-state index contributed by atoms with van der Waals surface area (Å²) in [5.41, 5.74) is 3.04. The quantitative estimate of drug-likeness (QED) is 0.227. The lowest BCUT2D eigenvalue weighted by atomic mass is 10.2. The summed E-state index contributed by atoms with van der Waals surface area (Å²) in [7, 11) is 0. The Bertz CT molecular complexity index is 1910. The molecule has 0 unspecified atom stereocenters. The highest BCUT2D eigenvalue weighted by atomic mass is 35.5. The second-order valence-electron chi connectivity index (χ2n) is 8.93. The number of rotatable bonds is 7. The molecule has 2 heterocycles. The van der Waals surface area contributed by atoms with Gasteiger partial charge in [0.15, 0.2) is 0 Å². The third-order valence-corrected chi connectivity index (χ3v) is 6.42. The van der Waals surface area contributed by atoms with Crippen molar-refractivity contribution in [3.63, 3.8) is 0 Å². The monoisotopic (exact) mass is 549 g/mol. The number of para-hydroxylation sites is 1. The van der Waals surface area contributed by atoms with E-state index in [9.17, 15) is 9.18 Å². The van der Waals surface area contributed by atoms with Gasteiger partial charge in [0.25, 0.3) is 5.56 Å². The summed E-state index contributed by atoms with van der Waals surface area (Å²) >= 11 is 6.02. The van der Waals surface area contributed by atoms with Crippen LogP contribution < -0.4 is 10.3 Å². The number of benzene rings is 4. The highest BCUT2D eigenvalue weighted by molar-refractivity contribution is 6.30. The normalized spacial score (nSPS) is 11.3. The summed E-state index contributed by atoms with van der Waals surface area (Å²) in [6.07, 6.45) is 5.36. The van der Waals surface area contributed by atoms with E-state index in [1.54, 1.807) is 59.3 Å². The maximum atomic E-state index is 13.6. The van der Waals surface area contributed by atoms with Gasteiger partial charge in [-0.1, -0.05) is 59.3 Å². The number of nitrogens with zero attached hydrogens (tertiary/aromatic N) is 5. The number of hydrogen-bond acceptors (Lipinski definition) is 5. The number of hydrogen-bond donors (Lipinski definition) is 0. The molecule has 0 atom stereocenters. The predicted octanol–water partition coefficient (Wildman–Crippen LogP) is 6.51. The van der Waals surface area contributed by atoms with E-state index < -0.39 is 0 Å². The molecule has 6 rings (SSSR count). The smallest absolute Gasteiger partial charge is 0.266 e. The van der Waals surface area contributed by atoms with E-state index in [2.05, 4.69) is 10.3 Å². The molecule has 0 aliphatic carbocycles. The largest absolute Gasteiger partial charge is 0.487 e. The molecular formula is C31H21ClFN5O2. The van der Waals surface area contributed by atoms with Crippen molar-refractivity contribution in [1.82, 2.24) is 24.5 Å². The molecule has 0 fully saturated rings. The van der Waals surface area contributed by atoms with Gasteiger partial charge in [-0.25, -0.2) is 14.1 Å². The first kappa shape index (κ1) is 25.2. The van der Waals surface area contributed by atoms with Crippen molar-refractivity contribution in [2.24, 2.45) is 0 Å².